The molecule has 0 aromatic rings. The smallest absolute Gasteiger partial charge is 0.180 e. The van der Waals surface area contributed by atoms with E-state index in [0.29, 0.717) is 31.8 Å². The lowest BCUT2D eigenvalue weighted by molar-refractivity contribution is -0.178. The molecule has 2 N–H and O–H groups in total. The van der Waals surface area contributed by atoms with E-state index in [4.69, 9.17) is 19.9 Å². The summed E-state index contributed by atoms with van der Waals surface area (Å²) in [5.41, 5.74) is 5.71. The Morgan fingerprint density at radius 1 is 1.19 bits per heavy atom. The van der Waals surface area contributed by atoms with Crippen LogP contribution >= 0.6 is 0 Å². The summed E-state index contributed by atoms with van der Waals surface area (Å²) in [5.74, 6) is 0.518. The Morgan fingerprint density at radius 3 is 2.44 bits per heavy atom. The molecule has 0 radical (unpaired) electrons. The maximum Gasteiger partial charge on any atom is 0.180 e. The van der Waals surface area contributed by atoms with Crippen molar-refractivity contribution in [2.75, 3.05) is 26.4 Å². The Labute approximate surface area is 98.4 Å². The van der Waals surface area contributed by atoms with Gasteiger partial charge in [0.05, 0.1) is 12.7 Å². The van der Waals surface area contributed by atoms with E-state index in [1.807, 2.05) is 13.8 Å². The first-order valence-electron chi connectivity index (χ1n) is 6.36. The summed E-state index contributed by atoms with van der Waals surface area (Å²) in [4.78, 5) is 0. The first-order valence-corrected chi connectivity index (χ1v) is 6.36. The molecule has 0 aliphatic heterocycles. The van der Waals surface area contributed by atoms with Gasteiger partial charge in [-0.2, -0.15) is 0 Å². The molecule has 0 spiro atoms. The summed E-state index contributed by atoms with van der Waals surface area (Å²) in [6.07, 6.45) is 3.60. The molecule has 0 aromatic heterocycles. The molecule has 1 aliphatic carbocycles. The van der Waals surface area contributed by atoms with Gasteiger partial charge >= 0.3 is 0 Å². The summed E-state index contributed by atoms with van der Waals surface area (Å²) in [6.45, 7) is 6.47. The van der Waals surface area contributed by atoms with Gasteiger partial charge in [0.2, 0.25) is 0 Å². The predicted molar refractivity (Wildman–Crippen MR) is 63.2 cm³/mol. The van der Waals surface area contributed by atoms with Gasteiger partial charge < -0.3 is 19.9 Å². The summed E-state index contributed by atoms with van der Waals surface area (Å²) in [5, 5.41) is 0. The van der Waals surface area contributed by atoms with Crippen LogP contribution in [-0.4, -0.2) is 38.8 Å². The zero-order valence-corrected chi connectivity index (χ0v) is 10.5. The Balaban J connectivity index is 2.24. The van der Waals surface area contributed by atoms with Gasteiger partial charge in [-0.05, 0) is 39.2 Å². The van der Waals surface area contributed by atoms with Crippen LogP contribution in [-0.2, 0) is 14.2 Å². The summed E-state index contributed by atoms with van der Waals surface area (Å²) in [6, 6.07) is 0. The lowest BCUT2D eigenvalue weighted by Crippen LogP contribution is -2.31. The molecular weight excluding hydrogens is 206 g/mol. The summed E-state index contributed by atoms with van der Waals surface area (Å²) in [7, 11) is 0. The Bertz CT molecular complexity index is 172. The Morgan fingerprint density at radius 2 is 1.88 bits per heavy atom. The van der Waals surface area contributed by atoms with Crippen molar-refractivity contribution in [3.8, 4) is 0 Å². The molecule has 0 aromatic carbocycles. The van der Waals surface area contributed by atoms with Crippen LogP contribution in [0.15, 0.2) is 0 Å². The zero-order valence-electron chi connectivity index (χ0n) is 10.5. The second-order valence-electron chi connectivity index (χ2n) is 4.14. The van der Waals surface area contributed by atoms with E-state index in [0.717, 1.165) is 13.0 Å². The lowest BCUT2D eigenvalue weighted by atomic mass is 10.1. The van der Waals surface area contributed by atoms with E-state index in [1.54, 1.807) is 0 Å². The van der Waals surface area contributed by atoms with Crippen LogP contribution in [0.2, 0.25) is 0 Å². The largest absolute Gasteiger partial charge is 0.373 e. The third kappa shape index (κ3) is 4.37. The molecule has 4 nitrogen and oxygen atoms in total. The van der Waals surface area contributed by atoms with Crippen LogP contribution in [0.5, 0.6) is 0 Å². The van der Waals surface area contributed by atoms with Crippen molar-refractivity contribution in [1.82, 2.24) is 0 Å². The minimum absolute atomic E-state index is 0.228. The van der Waals surface area contributed by atoms with Gasteiger partial charge in [-0.3, -0.25) is 0 Å². The first kappa shape index (κ1) is 13.9. The highest BCUT2D eigenvalue weighted by Crippen LogP contribution is 2.27. The normalized spacial score (nSPS) is 25.5. The van der Waals surface area contributed by atoms with Gasteiger partial charge in [0.15, 0.2) is 6.29 Å². The van der Waals surface area contributed by atoms with Crippen molar-refractivity contribution in [2.24, 2.45) is 11.7 Å². The second kappa shape index (κ2) is 8.01. The molecule has 0 amide bonds. The van der Waals surface area contributed by atoms with Crippen molar-refractivity contribution in [3.05, 3.63) is 0 Å². The maximum atomic E-state index is 5.84. The number of hydrogen-bond acceptors (Lipinski definition) is 4. The minimum Gasteiger partial charge on any atom is -0.373 e. The fourth-order valence-electron chi connectivity index (χ4n) is 2.21. The molecule has 2 atom stereocenters. The van der Waals surface area contributed by atoms with Gasteiger partial charge in [-0.25, -0.2) is 0 Å². The van der Waals surface area contributed by atoms with Crippen LogP contribution in [0, 0.1) is 5.92 Å². The number of rotatable bonds is 8. The van der Waals surface area contributed by atoms with E-state index in [2.05, 4.69) is 0 Å². The standard InChI is InChI=1S/C12H25NO3/c1-3-14-12(15-4-2)9-16-11-7-5-6-10(11)8-13/h10-12H,3-9,13H2,1-2H3. The van der Waals surface area contributed by atoms with E-state index >= 15 is 0 Å². The molecule has 1 aliphatic rings. The van der Waals surface area contributed by atoms with Gasteiger partial charge in [0.25, 0.3) is 0 Å². The topological polar surface area (TPSA) is 53.7 Å². The van der Waals surface area contributed by atoms with Crippen LogP contribution in [0.1, 0.15) is 33.1 Å². The Hall–Kier alpha value is -0.160. The van der Waals surface area contributed by atoms with Gasteiger partial charge in [-0.1, -0.05) is 6.42 Å². The van der Waals surface area contributed by atoms with Crippen LogP contribution in [0.3, 0.4) is 0 Å². The maximum absolute atomic E-state index is 5.84. The third-order valence-corrected chi connectivity index (χ3v) is 3.04. The summed E-state index contributed by atoms with van der Waals surface area (Å²) < 4.78 is 16.7. The average molecular weight is 231 g/mol. The van der Waals surface area contributed by atoms with Crippen molar-refractivity contribution < 1.29 is 14.2 Å². The molecule has 16 heavy (non-hydrogen) atoms. The highest BCUT2D eigenvalue weighted by molar-refractivity contribution is 4.78. The van der Waals surface area contributed by atoms with E-state index in [9.17, 15) is 0 Å². The van der Waals surface area contributed by atoms with Crippen LogP contribution in [0.25, 0.3) is 0 Å². The monoisotopic (exact) mass is 231 g/mol. The lowest BCUT2D eigenvalue weighted by Gasteiger charge is -2.22. The van der Waals surface area contributed by atoms with Crippen molar-refractivity contribution >= 4 is 0 Å². The summed E-state index contributed by atoms with van der Waals surface area (Å²) >= 11 is 0. The van der Waals surface area contributed by atoms with E-state index in [-0.39, 0.29) is 6.29 Å². The van der Waals surface area contributed by atoms with Crippen molar-refractivity contribution in [2.45, 2.75) is 45.5 Å². The molecule has 1 rings (SSSR count). The zero-order chi connectivity index (χ0) is 11.8. The molecule has 0 saturated heterocycles. The number of hydrogen-bond donors (Lipinski definition) is 1. The van der Waals surface area contributed by atoms with Gasteiger partial charge in [0.1, 0.15) is 0 Å². The first-order chi connectivity index (χ1) is 7.81. The fourth-order valence-corrected chi connectivity index (χ4v) is 2.21. The highest BCUT2D eigenvalue weighted by Gasteiger charge is 2.27. The predicted octanol–water partition coefficient (Wildman–Crippen LogP) is 1.53. The Kier molecular flexibility index (Phi) is 6.96. The van der Waals surface area contributed by atoms with Gasteiger partial charge in [0, 0.05) is 13.2 Å². The third-order valence-electron chi connectivity index (χ3n) is 3.04. The number of ether oxygens (including phenoxy) is 3. The molecule has 2 unspecified atom stereocenters. The molecule has 1 fully saturated rings. The molecule has 1 saturated carbocycles. The van der Waals surface area contributed by atoms with Gasteiger partial charge in [-0.15, -0.1) is 0 Å². The molecule has 4 heteroatoms. The molecule has 0 heterocycles. The van der Waals surface area contributed by atoms with E-state index in [1.165, 1.54) is 12.8 Å². The average Bonchev–Trinajstić information content (AvgIpc) is 2.74. The second-order valence-corrected chi connectivity index (χ2v) is 4.14. The SMILES string of the molecule is CCOC(COC1CCCC1CN)OCC. The molecule has 0 bridgehead atoms. The quantitative estimate of drug-likeness (QED) is 0.644. The van der Waals surface area contributed by atoms with Crippen molar-refractivity contribution in [1.29, 1.82) is 0 Å². The fraction of sp³-hybridized carbons (Fsp3) is 1.00. The van der Waals surface area contributed by atoms with Crippen LogP contribution < -0.4 is 5.73 Å². The highest BCUT2D eigenvalue weighted by atomic mass is 16.7. The number of nitrogens with two attached hydrogens (primary N) is 1. The minimum atomic E-state index is -0.228. The molecular formula is C12H25NO3. The van der Waals surface area contributed by atoms with E-state index < -0.39 is 0 Å². The molecule has 96 valence electrons. The van der Waals surface area contributed by atoms with Crippen molar-refractivity contribution in [3.63, 3.8) is 0 Å². The van der Waals surface area contributed by atoms with Crippen LogP contribution in [0.4, 0.5) is 0 Å².